The number of hydrogen-bond donors (Lipinski definition) is 0. The van der Waals surface area contributed by atoms with Gasteiger partial charge in [0.25, 0.3) is 0 Å². The lowest BCUT2D eigenvalue weighted by atomic mass is 9.84. The van der Waals surface area contributed by atoms with E-state index in [2.05, 4.69) is 0 Å². The molecule has 11 heteroatoms. The van der Waals surface area contributed by atoms with Gasteiger partial charge in [-0.2, -0.15) is 0 Å². The van der Waals surface area contributed by atoms with Crippen LogP contribution < -0.4 is 9.47 Å². The summed E-state index contributed by atoms with van der Waals surface area (Å²) in [5, 5.41) is 0. The van der Waals surface area contributed by atoms with E-state index in [9.17, 15) is 9.59 Å². The molecule has 0 unspecified atom stereocenters. The van der Waals surface area contributed by atoms with Crippen LogP contribution in [0.25, 0.3) is 5.57 Å². The number of benzene rings is 1. The van der Waals surface area contributed by atoms with Crippen LogP contribution in [0.4, 0.5) is 8.63 Å². The Morgan fingerprint density at radius 2 is 1.53 bits per heavy atom. The van der Waals surface area contributed by atoms with Crippen LogP contribution in [0.2, 0.25) is 0 Å². The number of hydrogen-bond acceptors (Lipinski definition) is 6. The summed E-state index contributed by atoms with van der Waals surface area (Å²) in [6.45, 7) is 5.83. The number of carbonyl (C=O) groups excluding carboxylic acids is 2. The fourth-order valence-corrected chi connectivity index (χ4v) is 5.15. The lowest BCUT2D eigenvalue weighted by Crippen LogP contribution is -2.51. The molecule has 0 saturated carbocycles. The van der Waals surface area contributed by atoms with Crippen molar-refractivity contribution in [1.29, 1.82) is 0 Å². The normalized spacial score (nSPS) is 15.6. The summed E-state index contributed by atoms with van der Waals surface area (Å²) >= 11 is 0. The Labute approximate surface area is 220 Å². The van der Waals surface area contributed by atoms with Gasteiger partial charge in [-0.05, 0) is 69.6 Å². The molecule has 2 aliphatic rings. The first-order valence-electron chi connectivity index (χ1n) is 12.5. The summed E-state index contributed by atoms with van der Waals surface area (Å²) in [6, 6.07) is 6.69. The molecule has 202 valence electrons. The molecular weight excluding hydrogens is 497 g/mol. The van der Waals surface area contributed by atoms with E-state index in [1.54, 1.807) is 71.9 Å². The van der Waals surface area contributed by atoms with Gasteiger partial charge in [0.15, 0.2) is 30.4 Å². The van der Waals surface area contributed by atoms with Crippen LogP contribution in [0.1, 0.15) is 50.2 Å². The lowest BCUT2D eigenvalue weighted by Gasteiger charge is -2.34. The minimum Gasteiger partial charge on any atom is -0.478 e. The Bertz CT molecular complexity index is 1410. The van der Waals surface area contributed by atoms with E-state index in [1.165, 1.54) is 0 Å². The monoisotopic (exact) mass is 528 g/mol. The molecule has 0 saturated heterocycles. The first-order valence-corrected chi connectivity index (χ1v) is 12.5. The fraction of sp³-hybridized carbons (Fsp3) is 0.370. The van der Waals surface area contributed by atoms with Crippen molar-refractivity contribution in [3.63, 3.8) is 0 Å². The van der Waals surface area contributed by atoms with Gasteiger partial charge < -0.3 is 36.5 Å². The minimum atomic E-state index is -4.12. The largest absolute Gasteiger partial charge is 0.737 e. The molecule has 2 aliphatic heterocycles. The molecule has 0 amide bonds. The average Bonchev–Trinajstić information content (AvgIpc) is 3.32. The molecule has 1 aromatic heterocycles. The van der Waals surface area contributed by atoms with Crippen molar-refractivity contribution >= 4 is 30.2 Å². The molecule has 0 bridgehead atoms. The molecule has 2 aromatic rings. The Hall–Kier alpha value is -3.89. The van der Waals surface area contributed by atoms with Crippen LogP contribution in [0.15, 0.2) is 41.6 Å². The maximum Gasteiger partial charge on any atom is 0.737 e. The molecule has 0 N–H and O–H groups in total. The highest BCUT2D eigenvalue weighted by Gasteiger charge is 2.55. The van der Waals surface area contributed by atoms with Crippen LogP contribution in [-0.2, 0) is 19.1 Å². The number of allylic oxidation sites excluding steroid dienone is 2. The number of aromatic nitrogens is 1. The zero-order chi connectivity index (χ0) is 27.8. The number of carbonyl (C=O) groups is 2. The van der Waals surface area contributed by atoms with Crippen molar-refractivity contribution in [3.05, 3.63) is 64.1 Å². The van der Waals surface area contributed by atoms with Gasteiger partial charge in [0.2, 0.25) is 0 Å². The van der Waals surface area contributed by atoms with E-state index in [0.717, 1.165) is 8.96 Å². The summed E-state index contributed by atoms with van der Waals surface area (Å²) < 4.78 is 55.3. The average molecular weight is 528 g/mol. The molecule has 0 atom stereocenters. The molecule has 0 fully saturated rings. The zero-order valence-electron chi connectivity index (χ0n) is 22.4. The summed E-state index contributed by atoms with van der Waals surface area (Å²) in [5.41, 5.74) is 4.33. The lowest BCUT2D eigenvalue weighted by molar-refractivity contribution is -0.363. The van der Waals surface area contributed by atoms with Crippen LogP contribution in [0.5, 0.6) is 11.5 Å². The van der Waals surface area contributed by atoms with E-state index in [-0.39, 0.29) is 31.3 Å². The number of fused-ring (bicyclic) bond motifs is 2. The zero-order valence-corrected chi connectivity index (χ0v) is 22.4. The van der Waals surface area contributed by atoms with Gasteiger partial charge in [-0.1, -0.05) is 6.07 Å². The molecular formula is C27H31BF2N2O6. The van der Waals surface area contributed by atoms with Crippen LogP contribution >= 0.6 is 0 Å². The topological polar surface area (TPSA) is 79.0 Å². The van der Waals surface area contributed by atoms with E-state index < -0.39 is 25.5 Å². The van der Waals surface area contributed by atoms with Crippen molar-refractivity contribution in [2.45, 2.75) is 41.5 Å². The third-order valence-electron chi connectivity index (χ3n) is 6.47. The number of halogens is 2. The first kappa shape index (κ1) is 27.2. The van der Waals surface area contributed by atoms with E-state index in [4.69, 9.17) is 18.9 Å². The van der Waals surface area contributed by atoms with Gasteiger partial charge in [0, 0.05) is 24.3 Å². The van der Waals surface area contributed by atoms with Crippen LogP contribution in [0, 0.1) is 13.8 Å². The van der Waals surface area contributed by atoms with Gasteiger partial charge in [-0.15, -0.1) is 0 Å². The summed E-state index contributed by atoms with van der Waals surface area (Å²) in [6.07, 6.45) is 1.75. The van der Waals surface area contributed by atoms with Gasteiger partial charge in [-0.3, -0.25) is 0 Å². The second-order valence-electron chi connectivity index (χ2n) is 9.19. The smallest absolute Gasteiger partial charge is 0.478 e. The summed E-state index contributed by atoms with van der Waals surface area (Å²) in [5.74, 6) is -0.784. The molecule has 3 heterocycles. The third-order valence-corrected chi connectivity index (χ3v) is 6.47. The summed E-state index contributed by atoms with van der Waals surface area (Å²) in [4.78, 5) is 23.9. The Balaban J connectivity index is 1.87. The maximum absolute atomic E-state index is 15.9. The fourth-order valence-electron chi connectivity index (χ4n) is 5.15. The molecule has 0 radical (unpaired) electrons. The predicted molar refractivity (Wildman–Crippen MR) is 139 cm³/mol. The van der Waals surface area contributed by atoms with E-state index in [1.807, 2.05) is 0 Å². The first-order chi connectivity index (χ1) is 18.0. The number of nitrogens with zero attached hydrogens (tertiary/aromatic N) is 2. The highest BCUT2D eigenvalue weighted by molar-refractivity contribution is 6.58. The van der Waals surface area contributed by atoms with Crippen molar-refractivity contribution in [1.82, 2.24) is 4.48 Å². The Morgan fingerprint density at radius 3 is 2.13 bits per heavy atom. The highest BCUT2D eigenvalue weighted by atomic mass is 19.2. The van der Waals surface area contributed by atoms with Crippen molar-refractivity contribution < 1.29 is 41.7 Å². The number of ether oxygens (including phenoxy) is 4. The molecule has 1 aromatic carbocycles. The Morgan fingerprint density at radius 1 is 0.921 bits per heavy atom. The maximum atomic E-state index is 15.9. The van der Waals surface area contributed by atoms with Crippen LogP contribution in [-0.4, -0.2) is 60.0 Å². The number of esters is 2. The molecule has 0 aliphatic carbocycles. The Kier molecular flexibility index (Phi) is 7.48. The number of aryl methyl sites for hydroxylation is 2. The van der Waals surface area contributed by atoms with Crippen molar-refractivity contribution in [2.24, 2.45) is 0 Å². The SMILES string of the molecule is CCOC(=O)COc1ccc(C2=C3C(C)=CC(C)=[N+]3[B-](F)(F)n3c(C)cc(C)c32)cc1OCC(=O)OCC. The quantitative estimate of drug-likeness (QED) is 0.354. The van der Waals surface area contributed by atoms with Crippen molar-refractivity contribution in [2.75, 3.05) is 26.4 Å². The molecule has 0 spiro atoms. The van der Waals surface area contributed by atoms with Crippen LogP contribution in [0.3, 0.4) is 0 Å². The third kappa shape index (κ3) is 4.73. The highest BCUT2D eigenvalue weighted by Crippen LogP contribution is 2.45. The van der Waals surface area contributed by atoms with Gasteiger partial charge in [-0.25, -0.2) is 9.59 Å². The standard InChI is InChI=1S/C27H31BF2N2O6/c1-7-35-23(33)14-37-21-10-9-20(13-22(21)38-15-24(34)36-8-2)25-26-16(3)11-18(5)31(26)28(29,30)32-19(6)12-17(4)27(25)32/h9-13H,7-8,14-15H2,1-6H3. The van der Waals surface area contributed by atoms with Gasteiger partial charge >= 0.3 is 18.9 Å². The molecule has 38 heavy (non-hydrogen) atoms. The minimum absolute atomic E-state index is 0.162. The predicted octanol–water partition coefficient (Wildman–Crippen LogP) is 4.42. The molecule has 8 nitrogen and oxygen atoms in total. The second-order valence-corrected chi connectivity index (χ2v) is 9.19. The van der Waals surface area contributed by atoms with E-state index >= 15 is 8.63 Å². The summed E-state index contributed by atoms with van der Waals surface area (Å²) in [7, 11) is 0. The van der Waals surface area contributed by atoms with Crippen molar-refractivity contribution in [3.8, 4) is 11.5 Å². The van der Waals surface area contributed by atoms with Gasteiger partial charge in [0.1, 0.15) is 5.71 Å². The van der Waals surface area contributed by atoms with E-state index in [0.29, 0.717) is 45.1 Å². The van der Waals surface area contributed by atoms with Gasteiger partial charge in [0.05, 0.1) is 18.8 Å². The molecule has 4 rings (SSSR count). The second kappa shape index (κ2) is 10.5. The number of rotatable bonds is 9.